The molecule has 3 heterocycles. The van der Waals surface area contributed by atoms with Crippen LogP contribution in [0.3, 0.4) is 0 Å². The lowest BCUT2D eigenvalue weighted by atomic mass is 9.94. The lowest BCUT2D eigenvalue weighted by Crippen LogP contribution is -1.99. The topological polar surface area (TPSA) is 38.7 Å². The van der Waals surface area contributed by atoms with Gasteiger partial charge >= 0.3 is 0 Å². The maximum atomic E-state index is 8.83. The zero-order valence-electron chi connectivity index (χ0n) is 30.4. The summed E-state index contributed by atoms with van der Waals surface area (Å²) in [5.41, 5.74) is 6.80. The number of aromatic nitrogens is 3. The van der Waals surface area contributed by atoms with Crippen molar-refractivity contribution in [3.8, 4) is 56.4 Å². The minimum atomic E-state index is -0.211. The molecule has 0 spiro atoms. The van der Waals surface area contributed by atoms with E-state index in [1.807, 2.05) is 78.9 Å². The molecule has 0 fully saturated rings. The van der Waals surface area contributed by atoms with Gasteiger partial charge in [-0.05, 0) is 58.6 Å². The van der Waals surface area contributed by atoms with Gasteiger partial charge < -0.3 is 0 Å². The van der Waals surface area contributed by atoms with E-state index in [0.29, 0.717) is 27.6 Å². The van der Waals surface area contributed by atoms with Crippen LogP contribution in [0.1, 0.15) is 5.48 Å². The molecule has 50 heavy (non-hydrogen) atoms. The summed E-state index contributed by atoms with van der Waals surface area (Å²) in [4.78, 5) is 14.7. The van der Waals surface area contributed by atoms with Crippen LogP contribution in [-0.2, 0) is 0 Å². The number of nitrogens with zero attached hydrogens (tertiary/aromatic N) is 3. The minimum absolute atomic E-state index is 0.00235. The van der Waals surface area contributed by atoms with Gasteiger partial charge in [0.15, 0.2) is 17.5 Å². The van der Waals surface area contributed by atoms with E-state index in [4.69, 9.17) is 20.4 Å². The molecule has 3 nitrogen and oxygen atoms in total. The van der Waals surface area contributed by atoms with E-state index in [1.165, 1.54) is 16.0 Å². The first-order valence-electron chi connectivity index (χ1n) is 18.3. The molecule has 7 aromatic carbocycles. The van der Waals surface area contributed by atoms with Crippen LogP contribution in [-0.4, -0.2) is 15.0 Å². The molecule has 0 radical (unpaired) electrons. The second kappa shape index (κ2) is 11.8. The molecule has 0 bridgehead atoms. The Kier molecular flexibility index (Phi) is 5.93. The monoisotopic (exact) mass is 677 g/mol. The third-order valence-corrected chi connectivity index (χ3v) is 11.3. The number of benzene rings is 7. The van der Waals surface area contributed by atoms with Crippen molar-refractivity contribution in [3.05, 3.63) is 164 Å². The summed E-state index contributed by atoms with van der Waals surface area (Å²) >= 11 is 3.16. The first kappa shape index (κ1) is 25.0. The molecule has 10 aromatic rings. The Morgan fingerprint density at radius 2 is 0.960 bits per heavy atom. The quantitative estimate of drug-likeness (QED) is 0.182. The smallest absolute Gasteiger partial charge is 0.164 e. The standard InChI is InChI=1S/C45H27N3S2/c1-4-12-28(13-5-1)36-25-33(27-41-42(36)35-18-10-11-19-38(35)50-41)31-21-23-39-37(24-31)34-22-20-32(26-40(34)49-39)45-47-43(29-14-6-2-7-15-29)46-44(48-45)30-16-8-3-9-17-30/h1-27H/i10D,11D,18D,19D. The summed E-state index contributed by atoms with van der Waals surface area (Å²) in [5, 5.41) is 3.74. The lowest BCUT2D eigenvalue weighted by molar-refractivity contribution is 1.07. The van der Waals surface area contributed by atoms with Gasteiger partial charge in [0, 0.05) is 57.0 Å². The molecular weight excluding hydrogens is 647 g/mol. The Hall–Kier alpha value is -6.01. The summed E-state index contributed by atoms with van der Waals surface area (Å²) in [7, 11) is 0. The molecule has 0 amide bonds. The average Bonchev–Trinajstić information content (AvgIpc) is 3.81. The first-order chi connectivity index (χ1) is 26.4. The highest BCUT2D eigenvalue weighted by molar-refractivity contribution is 7.26. The Bertz CT molecular complexity index is 3030. The van der Waals surface area contributed by atoms with Crippen LogP contribution in [0.2, 0.25) is 0 Å². The lowest BCUT2D eigenvalue weighted by Gasteiger charge is -2.10. The van der Waals surface area contributed by atoms with Gasteiger partial charge in [0.05, 0.1) is 5.48 Å². The van der Waals surface area contributed by atoms with E-state index in [-0.39, 0.29) is 24.2 Å². The first-order valence-corrected chi connectivity index (χ1v) is 17.9. The third-order valence-electron chi connectivity index (χ3n) is 9.06. The number of fused-ring (bicyclic) bond motifs is 6. The summed E-state index contributed by atoms with van der Waals surface area (Å²) in [6, 6.07) is 47.0. The summed E-state index contributed by atoms with van der Waals surface area (Å²) in [5.74, 6) is 1.88. The van der Waals surface area contributed by atoms with Crippen molar-refractivity contribution in [1.82, 2.24) is 15.0 Å². The van der Waals surface area contributed by atoms with Crippen molar-refractivity contribution < 1.29 is 5.48 Å². The number of hydrogen-bond acceptors (Lipinski definition) is 5. The Morgan fingerprint density at radius 3 is 1.66 bits per heavy atom. The van der Waals surface area contributed by atoms with Gasteiger partial charge in [-0.2, -0.15) is 0 Å². The van der Waals surface area contributed by atoms with E-state index < -0.39 is 0 Å². The SMILES string of the molecule is [2H]c1c([2H])c([2H])c2c(sc3cc(-c4ccc5sc6cc(-c7nc(-c8ccccc8)nc(-c8ccccc8)n7)ccc6c5c4)cc(-c4ccccc4)c32)c1[2H]. The Morgan fingerprint density at radius 1 is 0.380 bits per heavy atom. The van der Waals surface area contributed by atoms with Crippen molar-refractivity contribution in [1.29, 1.82) is 0 Å². The molecule has 0 N–H and O–H groups in total. The predicted octanol–water partition coefficient (Wildman–Crippen LogP) is 12.9. The molecule has 0 saturated heterocycles. The normalized spacial score (nSPS) is 12.7. The van der Waals surface area contributed by atoms with Crippen molar-refractivity contribution in [2.75, 3.05) is 0 Å². The van der Waals surface area contributed by atoms with Crippen LogP contribution in [0, 0.1) is 0 Å². The average molecular weight is 678 g/mol. The van der Waals surface area contributed by atoms with Crippen LogP contribution in [0.25, 0.3) is 96.8 Å². The fraction of sp³-hybridized carbons (Fsp3) is 0. The molecule has 0 saturated carbocycles. The summed E-state index contributed by atoms with van der Waals surface area (Å²) in [6.45, 7) is 0. The largest absolute Gasteiger partial charge is 0.208 e. The molecule has 234 valence electrons. The highest BCUT2D eigenvalue weighted by Crippen LogP contribution is 2.44. The number of hydrogen-bond donors (Lipinski definition) is 0. The molecule has 0 unspecified atom stereocenters. The molecule has 10 rings (SSSR count). The molecule has 0 aliphatic heterocycles. The second-order valence-electron chi connectivity index (χ2n) is 12.1. The van der Waals surface area contributed by atoms with Gasteiger partial charge in [-0.25, -0.2) is 15.0 Å². The maximum absolute atomic E-state index is 8.83. The van der Waals surface area contributed by atoms with Gasteiger partial charge in [0.2, 0.25) is 0 Å². The zero-order chi connectivity index (χ0) is 36.5. The minimum Gasteiger partial charge on any atom is -0.208 e. The highest BCUT2D eigenvalue weighted by Gasteiger charge is 2.17. The summed E-state index contributed by atoms with van der Waals surface area (Å²) in [6.07, 6.45) is 0. The molecule has 5 heteroatoms. The van der Waals surface area contributed by atoms with Crippen molar-refractivity contribution >= 4 is 63.0 Å². The van der Waals surface area contributed by atoms with Gasteiger partial charge in [-0.1, -0.05) is 127 Å². The van der Waals surface area contributed by atoms with Crippen LogP contribution >= 0.6 is 22.7 Å². The van der Waals surface area contributed by atoms with Crippen LogP contribution in [0.5, 0.6) is 0 Å². The van der Waals surface area contributed by atoms with E-state index in [1.54, 1.807) is 11.3 Å². The molecule has 0 aliphatic carbocycles. The van der Waals surface area contributed by atoms with Gasteiger partial charge in [0.1, 0.15) is 0 Å². The van der Waals surface area contributed by atoms with Crippen molar-refractivity contribution in [3.63, 3.8) is 0 Å². The van der Waals surface area contributed by atoms with Crippen molar-refractivity contribution in [2.24, 2.45) is 0 Å². The molecular formula is C45H27N3S2. The number of rotatable bonds is 5. The van der Waals surface area contributed by atoms with Gasteiger partial charge in [-0.15, -0.1) is 22.7 Å². The maximum Gasteiger partial charge on any atom is 0.164 e. The highest BCUT2D eigenvalue weighted by atomic mass is 32.1. The van der Waals surface area contributed by atoms with Crippen LogP contribution in [0.15, 0.2) is 164 Å². The summed E-state index contributed by atoms with van der Waals surface area (Å²) < 4.78 is 38.0. The predicted molar refractivity (Wildman–Crippen MR) is 213 cm³/mol. The van der Waals surface area contributed by atoms with Crippen LogP contribution < -0.4 is 0 Å². The van der Waals surface area contributed by atoms with Crippen LogP contribution in [0.4, 0.5) is 0 Å². The van der Waals surface area contributed by atoms with E-state index in [9.17, 15) is 0 Å². The Balaban J connectivity index is 1.12. The fourth-order valence-corrected chi connectivity index (χ4v) is 8.87. The number of thiophene rings is 2. The van der Waals surface area contributed by atoms with Gasteiger partial charge in [-0.3, -0.25) is 0 Å². The van der Waals surface area contributed by atoms with Gasteiger partial charge in [0.25, 0.3) is 0 Å². The second-order valence-corrected chi connectivity index (χ2v) is 14.3. The third kappa shape index (κ3) is 4.98. The van der Waals surface area contributed by atoms with E-state index >= 15 is 0 Å². The zero-order valence-corrected chi connectivity index (χ0v) is 28.1. The molecule has 0 atom stereocenters. The fourth-order valence-electron chi connectivity index (χ4n) is 6.66. The molecule has 3 aromatic heterocycles. The van der Waals surface area contributed by atoms with Crippen molar-refractivity contribution in [2.45, 2.75) is 0 Å². The molecule has 0 aliphatic rings. The Labute approximate surface area is 302 Å². The van der Waals surface area contributed by atoms with E-state index in [0.717, 1.165) is 64.5 Å². The van der Waals surface area contributed by atoms with E-state index in [2.05, 4.69) is 60.7 Å².